The summed E-state index contributed by atoms with van der Waals surface area (Å²) in [6.07, 6.45) is -5.51. The number of thioether (sulfide) groups is 1. The molecule has 2 aliphatic rings. The Morgan fingerprint density at radius 1 is 1.17 bits per heavy atom. The van der Waals surface area contributed by atoms with Gasteiger partial charge in [-0.05, 0) is 37.5 Å². The molecular formula is C29H32F3N3O5S. The first-order chi connectivity index (χ1) is 19.3. The Bertz CT molecular complexity index is 1310. The van der Waals surface area contributed by atoms with Crippen LogP contribution in [0.5, 0.6) is 0 Å². The number of halogens is 3. The van der Waals surface area contributed by atoms with E-state index in [4.69, 9.17) is 4.74 Å². The van der Waals surface area contributed by atoms with Crippen molar-refractivity contribution < 1.29 is 37.4 Å². The third kappa shape index (κ3) is 6.38. The van der Waals surface area contributed by atoms with E-state index in [2.05, 4.69) is 17.2 Å². The topological polar surface area (TPSA) is 108 Å². The van der Waals surface area contributed by atoms with Crippen molar-refractivity contribution in [3.05, 3.63) is 83.9 Å². The summed E-state index contributed by atoms with van der Waals surface area (Å²) in [7, 11) is 0. The second-order valence-electron chi connectivity index (χ2n) is 10.6. The molecule has 0 bridgehead atoms. The molecule has 1 saturated heterocycles. The Labute approximate surface area is 240 Å². The fourth-order valence-corrected chi connectivity index (χ4v) is 6.41. The zero-order valence-electron chi connectivity index (χ0n) is 22.6. The number of nitrogens with one attached hydrogen (secondary N) is 2. The fraction of sp³-hybridized carbons (Fsp3) is 0.414. The number of rotatable bonds is 9. The van der Waals surface area contributed by atoms with Crippen LogP contribution in [-0.2, 0) is 27.0 Å². The van der Waals surface area contributed by atoms with E-state index in [-0.39, 0.29) is 24.5 Å². The van der Waals surface area contributed by atoms with Gasteiger partial charge < -0.3 is 25.4 Å². The van der Waals surface area contributed by atoms with Crippen LogP contribution in [0.4, 0.5) is 18.0 Å². The van der Waals surface area contributed by atoms with Gasteiger partial charge in [-0.3, -0.25) is 9.59 Å². The highest BCUT2D eigenvalue weighted by Crippen LogP contribution is 2.54. The molecule has 3 N–H and O–H groups in total. The van der Waals surface area contributed by atoms with Gasteiger partial charge in [-0.15, -0.1) is 11.8 Å². The van der Waals surface area contributed by atoms with Gasteiger partial charge in [0.2, 0.25) is 5.91 Å². The molecule has 1 unspecified atom stereocenters. The first-order valence-electron chi connectivity index (χ1n) is 13.0. The van der Waals surface area contributed by atoms with E-state index in [1.165, 1.54) is 40.9 Å². The van der Waals surface area contributed by atoms with E-state index < -0.39 is 64.5 Å². The number of carbonyl (C=O) groups excluding carboxylic acids is 3. The van der Waals surface area contributed by atoms with Crippen LogP contribution in [0.25, 0.3) is 0 Å². The Kier molecular flexibility index (Phi) is 8.74. The van der Waals surface area contributed by atoms with E-state index in [9.17, 15) is 32.7 Å². The van der Waals surface area contributed by atoms with Gasteiger partial charge in [0.15, 0.2) is 6.10 Å². The Balaban J connectivity index is 1.55. The van der Waals surface area contributed by atoms with Gasteiger partial charge in [-0.2, -0.15) is 13.2 Å². The van der Waals surface area contributed by atoms with E-state index in [0.29, 0.717) is 0 Å². The number of aliphatic hydroxyl groups is 1. The number of nitrogens with zero attached hydrogens (tertiary/aromatic N) is 1. The van der Waals surface area contributed by atoms with E-state index >= 15 is 0 Å². The lowest BCUT2D eigenvalue weighted by Crippen LogP contribution is -2.59. The quantitative estimate of drug-likeness (QED) is 0.378. The van der Waals surface area contributed by atoms with Gasteiger partial charge in [-0.1, -0.05) is 61.2 Å². The second-order valence-corrected chi connectivity index (χ2v) is 12.2. The molecule has 1 aliphatic heterocycles. The van der Waals surface area contributed by atoms with Crippen LogP contribution in [0.1, 0.15) is 42.9 Å². The average molecular weight is 592 g/mol. The predicted octanol–water partition coefficient (Wildman–Crippen LogP) is 4.20. The summed E-state index contributed by atoms with van der Waals surface area (Å²) >= 11 is 1.30. The van der Waals surface area contributed by atoms with Crippen LogP contribution in [0.15, 0.2) is 67.3 Å². The molecular weight excluding hydrogens is 559 g/mol. The number of ether oxygens (including phenoxy) is 1. The maximum absolute atomic E-state index is 13.8. The SMILES string of the molecule is C=CCOC(=O)N[C@]1([C@H](O)C(=O)N2CSC(C)(C)C2C(=O)NCc2ccccc2C(F)(F)F)C[C@H]1c1ccccc1. The molecule has 0 aromatic heterocycles. The van der Waals surface area contributed by atoms with Gasteiger partial charge >= 0.3 is 12.3 Å². The maximum Gasteiger partial charge on any atom is 0.416 e. The minimum absolute atomic E-state index is 0.0626. The summed E-state index contributed by atoms with van der Waals surface area (Å²) in [5.41, 5.74) is -1.54. The highest BCUT2D eigenvalue weighted by molar-refractivity contribution is 8.00. The van der Waals surface area contributed by atoms with Crippen molar-refractivity contribution in [3.63, 3.8) is 0 Å². The molecule has 0 radical (unpaired) electrons. The lowest BCUT2D eigenvalue weighted by molar-refractivity contribution is -0.148. The van der Waals surface area contributed by atoms with E-state index in [1.54, 1.807) is 26.0 Å². The number of hydrogen-bond acceptors (Lipinski definition) is 6. The van der Waals surface area contributed by atoms with Crippen molar-refractivity contribution in [1.82, 2.24) is 15.5 Å². The standard InChI is InChI=1S/C29H32F3N3O5S/c1-4-14-40-26(39)34-28(15-21(28)18-10-6-5-7-11-18)23(36)25(38)35-17-41-27(2,3)22(35)24(37)33-16-19-12-8-9-13-20(19)29(30,31)32/h4-13,21-23,36H,1,14-17H2,2-3H3,(H,33,37)(H,34,39)/t21-,22?,23+,28+/m0/s1. The predicted molar refractivity (Wildman–Crippen MR) is 148 cm³/mol. The molecule has 41 heavy (non-hydrogen) atoms. The zero-order chi connectivity index (χ0) is 30.0. The molecule has 2 aromatic carbocycles. The van der Waals surface area contributed by atoms with Crippen LogP contribution >= 0.6 is 11.8 Å². The minimum Gasteiger partial charge on any atom is -0.445 e. The van der Waals surface area contributed by atoms with Crippen LogP contribution in [0.3, 0.4) is 0 Å². The molecule has 3 amide bonds. The number of alkyl halides is 3. The van der Waals surface area contributed by atoms with Crippen LogP contribution in [0, 0.1) is 0 Å². The average Bonchev–Trinajstić information content (AvgIpc) is 3.57. The second kappa shape index (κ2) is 11.8. The normalized spacial score (nSPS) is 23.8. The fourth-order valence-electron chi connectivity index (χ4n) is 5.27. The van der Waals surface area contributed by atoms with Crippen molar-refractivity contribution in [2.24, 2.45) is 0 Å². The largest absolute Gasteiger partial charge is 0.445 e. The summed E-state index contributed by atoms with van der Waals surface area (Å²) < 4.78 is 44.6. The molecule has 4 atom stereocenters. The van der Waals surface area contributed by atoms with Crippen molar-refractivity contribution in [3.8, 4) is 0 Å². The number of aliphatic hydroxyl groups excluding tert-OH is 1. The van der Waals surface area contributed by atoms with E-state index in [1.807, 2.05) is 18.2 Å². The summed E-state index contributed by atoms with van der Waals surface area (Å²) in [5, 5.41) is 16.6. The highest BCUT2D eigenvalue weighted by Gasteiger charge is 2.64. The molecule has 1 saturated carbocycles. The van der Waals surface area contributed by atoms with Gasteiger partial charge in [0.1, 0.15) is 12.6 Å². The first kappa shape index (κ1) is 30.4. The monoisotopic (exact) mass is 591 g/mol. The van der Waals surface area contributed by atoms with Crippen LogP contribution < -0.4 is 10.6 Å². The Morgan fingerprint density at radius 2 is 1.83 bits per heavy atom. The molecule has 1 heterocycles. The number of alkyl carbamates (subject to hydrolysis) is 1. The summed E-state index contributed by atoms with van der Waals surface area (Å²) in [6, 6.07) is 12.9. The zero-order valence-corrected chi connectivity index (χ0v) is 23.4. The molecule has 2 fully saturated rings. The summed E-state index contributed by atoms with van der Waals surface area (Å²) in [5.74, 6) is -1.76. The maximum atomic E-state index is 13.8. The van der Waals surface area contributed by atoms with Gasteiger partial charge in [0.25, 0.3) is 5.91 Å². The van der Waals surface area contributed by atoms with Gasteiger partial charge in [0, 0.05) is 17.2 Å². The molecule has 2 aromatic rings. The van der Waals surface area contributed by atoms with Gasteiger partial charge in [0.05, 0.1) is 17.0 Å². The molecule has 0 spiro atoms. The first-order valence-corrected chi connectivity index (χ1v) is 14.0. The minimum atomic E-state index is -4.59. The number of amides is 3. The third-order valence-corrected chi connectivity index (χ3v) is 8.82. The molecule has 12 heteroatoms. The molecule has 8 nitrogen and oxygen atoms in total. The number of hydrogen-bond donors (Lipinski definition) is 3. The lowest BCUT2D eigenvalue weighted by atomic mass is 9.97. The number of carbonyl (C=O) groups is 3. The van der Waals surface area contributed by atoms with Gasteiger partial charge in [-0.25, -0.2) is 4.79 Å². The highest BCUT2D eigenvalue weighted by atomic mass is 32.2. The van der Waals surface area contributed by atoms with Crippen LogP contribution in [0.2, 0.25) is 0 Å². The van der Waals surface area contributed by atoms with Crippen molar-refractivity contribution >= 4 is 29.7 Å². The summed E-state index contributed by atoms with van der Waals surface area (Å²) in [6.45, 7) is 6.53. The van der Waals surface area contributed by atoms with Crippen molar-refractivity contribution in [2.45, 2.75) is 61.3 Å². The molecule has 4 rings (SSSR count). The Morgan fingerprint density at radius 3 is 2.49 bits per heavy atom. The summed E-state index contributed by atoms with van der Waals surface area (Å²) in [4.78, 5) is 40.9. The smallest absolute Gasteiger partial charge is 0.416 e. The van der Waals surface area contributed by atoms with E-state index in [0.717, 1.165) is 11.6 Å². The van der Waals surface area contributed by atoms with Crippen molar-refractivity contribution in [1.29, 1.82) is 0 Å². The number of benzene rings is 2. The van der Waals surface area contributed by atoms with Crippen LogP contribution in [-0.4, -0.2) is 62.8 Å². The molecule has 220 valence electrons. The third-order valence-electron chi connectivity index (χ3n) is 7.45. The Hall–Kier alpha value is -3.51. The molecule has 1 aliphatic carbocycles. The lowest BCUT2D eigenvalue weighted by Gasteiger charge is -2.33. The van der Waals surface area contributed by atoms with Crippen molar-refractivity contribution in [2.75, 3.05) is 12.5 Å².